The summed E-state index contributed by atoms with van der Waals surface area (Å²) in [5.74, 6) is -5.25. The number of carbonyl (C=O) groups excluding carboxylic acids is 3. The first-order valence-corrected chi connectivity index (χ1v) is 10.4. The molecule has 2 aromatic carbocycles. The van der Waals surface area contributed by atoms with Crippen molar-refractivity contribution in [1.29, 1.82) is 0 Å². The number of nitrogens with one attached hydrogen (secondary N) is 4. The SMILES string of the molecule is O=C(O)CCNC(=O)c1ccc(CNC(=O)c2cc(NC(=O)c3cc(F)c(F)cc3Cl)[nH]n2)cc1.[NaH]. The van der Waals surface area contributed by atoms with E-state index in [2.05, 4.69) is 26.1 Å². The second-order valence-electron chi connectivity index (χ2n) is 7.15. The summed E-state index contributed by atoms with van der Waals surface area (Å²) in [6.07, 6.45) is -0.188. The molecular formula is C22H19ClF2N5NaO5. The van der Waals surface area contributed by atoms with Crippen molar-refractivity contribution in [2.45, 2.75) is 13.0 Å². The Labute approximate surface area is 230 Å². The first kappa shape index (κ1) is 28.9. The third-order valence-electron chi connectivity index (χ3n) is 4.61. The van der Waals surface area contributed by atoms with E-state index in [1.165, 1.54) is 18.2 Å². The summed E-state index contributed by atoms with van der Waals surface area (Å²) in [5, 5.41) is 22.0. The van der Waals surface area contributed by atoms with Crippen LogP contribution in [0.3, 0.4) is 0 Å². The van der Waals surface area contributed by atoms with Crippen molar-refractivity contribution in [2.75, 3.05) is 11.9 Å². The van der Waals surface area contributed by atoms with Gasteiger partial charge in [0.05, 0.1) is 17.0 Å². The van der Waals surface area contributed by atoms with Crippen LogP contribution in [0.2, 0.25) is 5.02 Å². The third-order valence-corrected chi connectivity index (χ3v) is 4.92. The average Bonchev–Trinajstić information content (AvgIpc) is 3.28. The van der Waals surface area contributed by atoms with E-state index in [4.69, 9.17) is 16.7 Å². The van der Waals surface area contributed by atoms with Gasteiger partial charge in [0.25, 0.3) is 17.7 Å². The van der Waals surface area contributed by atoms with Crippen molar-refractivity contribution in [3.8, 4) is 0 Å². The summed E-state index contributed by atoms with van der Waals surface area (Å²) in [6, 6.07) is 8.87. The first-order valence-electron chi connectivity index (χ1n) is 10.0. The van der Waals surface area contributed by atoms with Crippen molar-refractivity contribution in [2.24, 2.45) is 0 Å². The van der Waals surface area contributed by atoms with E-state index >= 15 is 0 Å². The third kappa shape index (κ3) is 7.85. The number of H-pyrrole nitrogens is 1. The molecule has 0 spiro atoms. The second-order valence-corrected chi connectivity index (χ2v) is 7.55. The zero-order chi connectivity index (χ0) is 25.5. The molecule has 0 bridgehead atoms. The molecule has 3 aromatic rings. The molecule has 14 heteroatoms. The van der Waals surface area contributed by atoms with Crippen molar-refractivity contribution in [3.63, 3.8) is 0 Å². The van der Waals surface area contributed by atoms with Crippen LogP contribution in [-0.2, 0) is 11.3 Å². The number of carboxylic acids is 1. The van der Waals surface area contributed by atoms with E-state index in [0.717, 1.165) is 0 Å². The van der Waals surface area contributed by atoms with Crippen LogP contribution in [0.1, 0.15) is 43.2 Å². The molecule has 0 saturated carbocycles. The van der Waals surface area contributed by atoms with Gasteiger partial charge >= 0.3 is 35.5 Å². The Balaban J connectivity index is 0.00000456. The Kier molecular flexibility index (Phi) is 10.5. The Morgan fingerprint density at radius 3 is 2.28 bits per heavy atom. The molecule has 184 valence electrons. The van der Waals surface area contributed by atoms with Crippen LogP contribution >= 0.6 is 11.6 Å². The molecule has 0 aliphatic carbocycles. The van der Waals surface area contributed by atoms with E-state index in [-0.39, 0.29) is 71.2 Å². The van der Waals surface area contributed by atoms with Gasteiger partial charge in [-0.25, -0.2) is 8.78 Å². The van der Waals surface area contributed by atoms with Crippen molar-refractivity contribution in [3.05, 3.63) is 81.5 Å². The molecule has 36 heavy (non-hydrogen) atoms. The van der Waals surface area contributed by atoms with Crippen LogP contribution in [0.15, 0.2) is 42.5 Å². The zero-order valence-corrected chi connectivity index (χ0v) is 18.6. The van der Waals surface area contributed by atoms with Gasteiger partial charge in [0, 0.05) is 24.7 Å². The van der Waals surface area contributed by atoms with Gasteiger partial charge in [0.1, 0.15) is 5.82 Å². The molecule has 0 unspecified atom stereocenters. The normalized spacial score (nSPS) is 10.2. The van der Waals surface area contributed by atoms with E-state index < -0.39 is 35.3 Å². The van der Waals surface area contributed by atoms with Gasteiger partial charge in [-0.2, -0.15) is 5.10 Å². The van der Waals surface area contributed by atoms with Crippen molar-refractivity contribution >= 4 is 70.7 Å². The fourth-order valence-corrected chi connectivity index (χ4v) is 3.06. The van der Waals surface area contributed by atoms with Gasteiger partial charge in [0.15, 0.2) is 17.3 Å². The predicted molar refractivity (Wildman–Crippen MR) is 127 cm³/mol. The summed E-state index contributed by atoms with van der Waals surface area (Å²) >= 11 is 5.78. The number of hydrogen-bond acceptors (Lipinski definition) is 5. The van der Waals surface area contributed by atoms with E-state index in [9.17, 15) is 28.0 Å². The maximum absolute atomic E-state index is 13.4. The Bertz CT molecular complexity index is 1290. The van der Waals surface area contributed by atoms with E-state index in [0.29, 0.717) is 23.3 Å². The zero-order valence-electron chi connectivity index (χ0n) is 17.8. The molecular weight excluding hydrogens is 511 g/mol. The van der Waals surface area contributed by atoms with Crippen molar-refractivity contribution in [1.82, 2.24) is 20.8 Å². The molecule has 10 nitrogen and oxygen atoms in total. The molecule has 1 heterocycles. The second kappa shape index (κ2) is 13.1. The maximum atomic E-state index is 13.4. The van der Waals surface area contributed by atoms with Gasteiger partial charge in [-0.1, -0.05) is 23.7 Å². The Morgan fingerprint density at radius 1 is 0.944 bits per heavy atom. The number of hydrogen-bond donors (Lipinski definition) is 5. The van der Waals surface area contributed by atoms with Crippen LogP contribution in [0.4, 0.5) is 14.6 Å². The quantitative estimate of drug-likeness (QED) is 0.211. The van der Waals surface area contributed by atoms with Gasteiger partial charge in [-0.15, -0.1) is 0 Å². The number of anilines is 1. The number of aromatic amines is 1. The van der Waals surface area contributed by atoms with E-state index in [1.54, 1.807) is 12.1 Å². The summed E-state index contributed by atoms with van der Waals surface area (Å²) < 4.78 is 26.6. The van der Waals surface area contributed by atoms with Crippen LogP contribution in [0.5, 0.6) is 0 Å². The van der Waals surface area contributed by atoms with Gasteiger partial charge < -0.3 is 21.1 Å². The summed E-state index contributed by atoms with van der Waals surface area (Å²) in [6.45, 7) is 0.116. The first-order chi connectivity index (χ1) is 16.6. The van der Waals surface area contributed by atoms with Gasteiger partial charge in [0.2, 0.25) is 0 Å². The molecule has 0 atom stereocenters. The molecule has 0 aliphatic heterocycles. The summed E-state index contributed by atoms with van der Waals surface area (Å²) in [7, 11) is 0. The minimum atomic E-state index is -1.24. The molecule has 0 saturated heterocycles. The molecule has 3 rings (SSSR count). The molecule has 0 aliphatic rings. The van der Waals surface area contributed by atoms with Gasteiger partial charge in [-0.3, -0.25) is 24.3 Å². The molecule has 5 N–H and O–H groups in total. The molecule has 0 radical (unpaired) electrons. The number of aromatic nitrogens is 2. The predicted octanol–water partition coefficient (Wildman–Crippen LogP) is 2.08. The van der Waals surface area contributed by atoms with Crippen LogP contribution < -0.4 is 16.0 Å². The monoisotopic (exact) mass is 529 g/mol. The summed E-state index contributed by atoms with van der Waals surface area (Å²) in [5.41, 5.74) is 0.660. The average molecular weight is 530 g/mol. The van der Waals surface area contributed by atoms with Gasteiger partial charge in [-0.05, 0) is 29.8 Å². The summed E-state index contributed by atoms with van der Waals surface area (Å²) in [4.78, 5) is 47.0. The van der Waals surface area contributed by atoms with Crippen molar-refractivity contribution < 1.29 is 33.1 Å². The Morgan fingerprint density at radius 2 is 1.61 bits per heavy atom. The van der Waals surface area contributed by atoms with Crippen LogP contribution in [0, 0.1) is 11.6 Å². The van der Waals surface area contributed by atoms with Crippen LogP contribution in [-0.4, -0.2) is 75.1 Å². The number of aliphatic carboxylic acids is 1. The molecule has 1 aromatic heterocycles. The Hall–Kier alpha value is -3.32. The standard InChI is InChI=1S/C22H18ClF2N5O5.Na.H/c23-14-8-16(25)15(24)7-13(14)21(34)28-18-9-17(29-30-18)22(35)27-10-11-1-3-12(4-2-11)20(33)26-6-5-19(31)32;;/h1-4,7-9H,5-6,10H2,(H,26,33)(H,27,35)(H,31,32)(H2,28,29,30,34);;. The van der Waals surface area contributed by atoms with Crippen LogP contribution in [0.25, 0.3) is 0 Å². The molecule has 3 amide bonds. The number of benzene rings is 2. The number of amides is 3. The number of carboxylic acid groups (broad SMARTS) is 1. The topological polar surface area (TPSA) is 153 Å². The number of rotatable bonds is 9. The number of nitrogens with zero attached hydrogens (tertiary/aromatic N) is 1. The fraction of sp³-hybridized carbons (Fsp3) is 0.136. The molecule has 0 fully saturated rings. The number of halogens is 3. The fourth-order valence-electron chi connectivity index (χ4n) is 2.82. The minimum absolute atomic E-state index is 0. The van der Waals surface area contributed by atoms with E-state index in [1.807, 2.05) is 0 Å². The number of carbonyl (C=O) groups is 4.